The molecule has 8 heteroatoms. The first kappa shape index (κ1) is 21.2. The molecule has 1 heterocycles. The Balaban J connectivity index is 1.78. The molecule has 1 atom stereocenters. The number of non-ortho nitro benzene ring substituents is 1. The summed E-state index contributed by atoms with van der Waals surface area (Å²) >= 11 is 1.37. The molecule has 7 nitrogen and oxygen atoms in total. The Morgan fingerprint density at radius 3 is 2.33 bits per heavy atom. The summed E-state index contributed by atoms with van der Waals surface area (Å²) in [6.45, 7) is 7.26. The second-order valence-electron chi connectivity index (χ2n) is 7.27. The predicted octanol–water partition coefficient (Wildman–Crippen LogP) is 3.23. The molecular weight excluding hydrogens is 366 g/mol. The number of nitrogens with zero attached hydrogens (tertiary/aromatic N) is 2. The largest absolute Gasteiger partial charge is 0.352 e. The van der Waals surface area contributed by atoms with Gasteiger partial charge in [-0.25, -0.2) is 0 Å². The average Bonchev–Trinajstić information content (AvgIpc) is 2.62. The van der Waals surface area contributed by atoms with E-state index >= 15 is 0 Å². The van der Waals surface area contributed by atoms with Crippen molar-refractivity contribution in [3.05, 3.63) is 34.4 Å². The summed E-state index contributed by atoms with van der Waals surface area (Å²) < 4.78 is 0. The van der Waals surface area contributed by atoms with E-state index in [-0.39, 0.29) is 28.8 Å². The van der Waals surface area contributed by atoms with Gasteiger partial charge in [0.2, 0.25) is 11.8 Å². The maximum absolute atomic E-state index is 12.4. The molecule has 1 aromatic rings. The van der Waals surface area contributed by atoms with Crippen LogP contribution in [0.4, 0.5) is 5.69 Å². The van der Waals surface area contributed by atoms with Crippen LogP contribution in [-0.2, 0) is 9.59 Å². The number of hydrogen-bond donors (Lipinski definition) is 1. The van der Waals surface area contributed by atoms with Gasteiger partial charge in [0.25, 0.3) is 5.69 Å². The Kier molecular flexibility index (Phi) is 7.65. The van der Waals surface area contributed by atoms with Gasteiger partial charge in [0.15, 0.2) is 0 Å². The number of rotatable bonds is 7. The zero-order valence-electron chi connectivity index (χ0n) is 16.0. The van der Waals surface area contributed by atoms with Crippen LogP contribution in [0.3, 0.4) is 0 Å². The summed E-state index contributed by atoms with van der Waals surface area (Å²) in [5.74, 6) is 0.495. The molecule has 0 saturated carbocycles. The highest BCUT2D eigenvalue weighted by atomic mass is 32.2. The van der Waals surface area contributed by atoms with E-state index in [1.54, 1.807) is 12.1 Å². The smallest absolute Gasteiger partial charge is 0.269 e. The van der Waals surface area contributed by atoms with Gasteiger partial charge in [-0.2, -0.15) is 0 Å². The van der Waals surface area contributed by atoms with E-state index < -0.39 is 4.92 Å². The molecule has 148 valence electrons. The molecule has 1 aromatic carbocycles. The van der Waals surface area contributed by atoms with Gasteiger partial charge >= 0.3 is 0 Å². The maximum atomic E-state index is 12.4. The Labute approximate surface area is 164 Å². The number of benzene rings is 1. The minimum Gasteiger partial charge on any atom is -0.352 e. The molecule has 1 aliphatic heterocycles. The number of thioether (sulfide) groups is 1. The normalized spacial score (nSPS) is 16.2. The highest BCUT2D eigenvalue weighted by Gasteiger charge is 2.25. The van der Waals surface area contributed by atoms with E-state index in [9.17, 15) is 19.7 Å². The molecule has 27 heavy (non-hydrogen) atoms. The highest BCUT2D eigenvalue weighted by Crippen LogP contribution is 2.26. The standard InChI is InChI=1S/C19H27N3O4S/c1-13(2)12-18(23)21-10-8-15(9-11-21)20-19(24)14(3)27-17-6-4-16(5-7-17)22(25)26/h4-7,13-15H,8-12H2,1-3H3,(H,20,24)/t14-/m0/s1. The molecule has 0 unspecified atom stereocenters. The van der Waals surface area contributed by atoms with Gasteiger partial charge in [-0.15, -0.1) is 11.8 Å². The summed E-state index contributed by atoms with van der Waals surface area (Å²) in [4.78, 5) is 37.5. The number of nitro benzene ring substituents is 1. The SMILES string of the molecule is CC(C)CC(=O)N1CCC(NC(=O)[C@H](C)Sc2ccc([N+](=O)[O-])cc2)CC1. The van der Waals surface area contributed by atoms with Crippen molar-refractivity contribution in [2.24, 2.45) is 5.92 Å². The van der Waals surface area contributed by atoms with Crippen LogP contribution >= 0.6 is 11.8 Å². The van der Waals surface area contributed by atoms with Gasteiger partial charge in [0.1, 0.15) is 0 Å². The van der Waals surface area contributed by atoms with Crippen molar-refractivity contribution < 1.29 is 14.5 Å². The van der Waals surface area contributed by atoms with Crippen LogP contribution < -0.4 is 5.32 Å². The van der Waals surface area contributed by atoms with E-state index in [0.29, 0.717) is 25.4 Å². The number of piperidine rings is 1. The molecular formula is C19H27N3O4S. The third-order valence-electron chi connectivity index (χ3n) is 4.51. The van der Waals surface area contributed by atoms with Crippen molar-refractivity contribution in [1.82, 2.24) is 10.2 Å². The number of carbonyl (C=O) groups is 2. The molecule has 0 aromatic heterocycles. The first-order chi connectivity index (χ1) is 12.8. The monoisotopic (exact) mass is 393 g/mol. The quantitative estimate of drug-likeness (QED) is 0.436. The summed E-state index contributed by atoms with van der Waals surface area (Å²) in [6.07, 6.45) is 2.11. The fraction of sp³-hybridized carbons (Fsp3) is 0.579. The lowest BCUT2D eigenvalue weighted by Crippen LogP contribution is -2.48. The second-order valence-corrected chi connectivity index (χ2v) is 8.69. The molecule has 1 saturated heterocycles. The number of carbonyl (C=O) groups excluding carboxylic acids is 2. The lowest BCUT2D eigenvalue weighted by Gasteiger charge is -2.33. The van der Waals surface area contributed by atoms with Crippen LogP contribution in [0.15, 0.2) is 29.2 Å². The van der Waals surface area contributed by atoms with Crippen molar-refractivity contribution in [2.45, 2.75) is 56.2 Å². The van der Waals surface area contributed by atoms with Gasteiger partial charge in [-0.05, 0) is 37.8 Å². The van der Waals surface area contributed by atoms with Crippen LogP contribution in [0.1, 0.15) is 40.0 Å². The molecule has 0 aliphatic carbocycles. The zero-order chi connectivity index (χ0) is 20.0. The molecule has 2 amide bonds. The molecule has 2 rings (SSSR count). The number of amides is 2. The lowest BCUT2D eigenvalue weighted by atomic mass is 10.0. The Morgan fingerprint density at radius 2 is 1.81 bits per heavy atom. The molecule has 1 fully saturated rings. The van der Waals surface area contributed by atoms with E-state index in [4.69, 9.17) is 0 Å². The van der Waals surface area contributed by atoms with Gasteiger partial charge in [0, 0.05) is 42.6 Å². The van der Waals surface area contributed by atoms with E-state index in [0.717, 1.165) is 17.7 Å². The Morgan fingerprint density at radius 1 is 1.22 bits per heavy atom. The van der Waals surface area contributed by atoms with Crippen molar-refractivity contribution in [3.63, 3.8) is 0 Å². The van der Waals surface area contributed by atoms with E-state index in [1.165, 1.54) is 23.9 Å². The van der Waals surface area contributed by atoms with Crippen molar-refractivity contribution in [3.8, 4) is 0 Å². The molecule has 1 aliphatic rings. The van der Waals surface area contributed by atoms with Crippen LogP contribution in [0.2, 0.25) is 0 Å². The number of nitro groups is 1. The van der Waals surface area contributed by atoms with Crippen molar-refractivity contribution in [2.75, 3.05) is 13.1 Å². The third kappa shape index (κ3) is 6.53. The average molecular weight is 394 g/mol. The van der Waals surface area contributed by atoms with Crippen molar-refractivity contribution in [1.29, 1.82) is 0 Å². The summed E-state index contributed by atoms with van der Waals surface area (Å²) in [5.41, 5.74) is 0.0372. The zero-order valence-corrected chi connectivity index (χ0v) is 16.8. The highest BCUT2D eigenvalue weighted by molar-refractivity contribution is 8.00. The summed E-state index contributed by atoms with van der Waals surface area (Å²) in [6, 6.07) is 6.28. The number of nitrogens with one attached hydrogen (secondary N) is 1. The van der Waals surface area contributed by atoms with Gasteiger partial charge in [0.05, 0.1) is 10.2 Å². The lowest BCUT2D eigenvalue weighted by molar-refractivity contribution is -0.384. The van der Waals surface area contributed by atoms with Gasteiger partial charge in [-0.3, -0.25) is 19.7 Å². The fourth-order valence-corrected chi connectivity index (χ4v) is 3.85. The predicted molar refractivity (Wildman–Crippen MR) is 106 cm³/mol. The molecule has 0 spiro atoms. The van der Waals surface area contributed by atoms with Gasteiger partial charge in [-0.1, -0.05) is 13.8 Å². The molecule has 0 radical (unpaired) electrons. The summed E-state index contributed by atoms with van der Waals surface area (Å²) in [5, 5.41) is 13.5. The number of hydrogen-bond acceptors (Lipinski definition) is 5. The van der Waals surface area contributed by atoms with Crippen LogP contribution in [0.25, 0.3) is 0 Å². The molecule has 1 N–H and O–H groups in total. The topological polar surface area (TPSA) is 92.6 Å². The Bertz CT molecular complexity index is 670. The van der Waals surface area contributed by atoms with Gasteiger partial charge < -0.3 is 10.2 Å². The van der Waals surface area contributed by atoms with Crippen LogP contribution in [0, 0.1) is 16.0 Å². The van der Waals surface area contributed by atoms with E-state index in [2.05, 4.69) is 5.32 Å². The second kappa shape index (κ2) is 9.73. The van der Waals surface area contributed by atoms with Crippen LogP contribution in [-0.4, -0.2) is 46.0 Å². The number of likely N-dealkylation sites (tertiary alicyclic amines) is 1. The third-order valence-corrected chi connectivity index (χ3v) is 5.62. The fourth-order valence-electron chi connectivity index (χ4n) is 2.97. The summed E-state index contributed by atoms with van der Waals surface area (Å²) in [7, 11) is 0. The minimum atomic E-state index is -0.442. The first-order valence-electron chi connectivity index (χ1n) is 9.25. The minimum absolute atomic E-state index is 0.0372. The van der Waals surface area contributed by atoms with Crippen molar-refractivity contribution >= 4 is 29.3 Å². The maximum Gasteiger partial charge on any atom is 0.269 e. The Hall–Kier alpha value is -2.09. The molecule has 0 bridgehead atoms. The van der Waals surface area contributed by atoms with Crippen LogP contribution in [0.5, 0.6) is 0 Å². The van der Waals surface area contributed by atoms with E-state index in [1.807, 2.05) is 25.7 Å². The first-order valence-corrected chi connectivity index (χ1v) is 10.1.